The molecule has 2 rings (SSSR count). The van der Waals surface area contributed by atoms with Crippen molar-refractivity contribution in [3.8, 4) is 0 Å². The maximum atomic E-state index is 4.91. The first kappa shape index (κ1) is 10.7. The lowest BCUT2D eigenvalue weighted by Gasteiger charge is -2.06. The van der Waals surface area contributed by atoms with Crippen molar-refractivity contribution in [2.45, 2.75) is 13.5 Å². The van der Waals surface area contributed by atoms with E-state index in [0.717, 1.165) is 11.3 Å². The van der Waals surface area contributed by atoms with E-state index in [9.17, 15) is 0 Å². The molecule has 0 saturated carbocycles. The fourth-order valence-corrected chi connectivity index (χ4v) is 1.38. The molecule has 2 N–H and O–H groups in total. The van der Waals surface area contributed by atoms with Crippen LogP contribution in [0, 0.1) is 11.7 Å². The molecule has 0 aliphatic carbocycles. The molecule has 0 aliphatic rings. The van der Waals surface area contributed by atoms with Gasteiger partial charge in [-0.25, -0.2) is 0 Å². The van der Waals surface area contributed by atoms with Crippen LogP contribution >= 0.6 is 12.2 Å². The summed E-state index contributed by atoms with van der Waals surface area (Å²) in [6.45, 7) is 2.52. The summed E-state index contributed by atoms with van der Waals surface area (Å²) in [5.74, 6) is 0.701. The van der Waals surface area contributed by atoms with Crippen LogP contribution in [0.25, 0.3) is 0 Å². The van der Waals surface area contributed by atoms with Gasteiger partial charge >= 0.3 is 0 Å². The summed E-state index contributed by atoms with van der Waals surface area (Å²) in [6, 6.07) is 3.89. The highest BCUT2D eigenvalue weighted by atomic mass is 32.1. The molecule has 0 aromatic carbocycles. The molecule has 0 fully saturated rings. The topological polar surface area (TPSA) is 66.5 Å². The third-order valence-corrected chi connectivity index (χ3v) is 2.24. The molecule has 0 bridgehead atoms. The van der Waals surface area contributed by atoms with E-state index in [4.69, 9.17) is 12.2 Å². The Morgan fingerprint density at radius 1 is 1.50 bits per heavy atom. The van der Waals surface area contributed by atoms with Crippen molar-refractivity contribution in [3.63, 3.8) is 0 Å². The van der Waals surface area contributed by atoms with Crippen LogP contribution in [0.15, 0.2) is 24.5 Å². The number of nitrogens with one attached hydrogen (secondary N) is 2. The maximum Gasteiger partial charge on any atom is 0.215 e. The first-order valence-electron chi connectivity index (χ1n) is 4.82. The number of aryl methyl sites for hydroxylation is 1. The van der Waals surface area contributed by atoms with Gasteiger partial charge in [-0.1, -0.05) is 6.07 Å². The zero-order chi connectivity index (χ0) is 11.4. The van der Waals surface area contributed by atoms with Crippen molar-refractivity contribution < 1.29 is 0 Å². The number of pyridine rings is 1. The average molecular weight is 233 g/mol. The van der Waals surface area contributed by atoms with Crippen molar-refractivity contribution in [3.05, 3.63) is 40.6 Å². The second-order valence-electron chi connectivity index (χ2n) is 3.29. The minimum Gasteiger partial charge on any atom is -0.364 e. The Bertz CT molecular complexity index is 522. The average Bonchev–Trinajstić information content (AvgIpc) is 2.32. The van der Waals surface area contributed by atoms with Crippen molar-refractivity contribution in [2.24, 2.45) is 0 Å². The van der Waals surface area contributed by atoms with E-state index in [2.05, 4.69) is 25.5 Å². The Hall–Kier alpha value is -1.82. The van der Waals surface area contributed by atoms with Gasteiger partial charge < -0.3 is 5.32 Å². The smallest absolute Gasteiger partial charge is 0.215 e. The predicted octanol–water partition coefficient (Wildman–Crippen LogP) is 1.85. The van der Waals surface area contributed by atoms with E-state index in [1.54, 1.807) is 12.4 Å². The van der Waals surface area contributed by atoms with Gasteiger partial charge in [-0.15, -0.1) is 0 Å². The van der Waals surface area contributed by atoms with Crippen LogP contribution in [0.4, 0.5) is 5.82 Å². The van der Waals surface area contributed by atoms with E-state index < -0.39 is 0 Å². The summed E-state index contributed by atoms with van der Waals surface area (Å²) >= 11 is 4.91. The number of rotatable bonds is 3. The first-order chi connectivity index (χ1) is 7.75. The van der Waals surface area contributed by atoms with E-state index >= 15 is 0 Å². The highest BCUT2D eigenvalue weighted by Gasteiger charge is 2.00. The quantitative estimate of drug-likeness (QED) is 0.792. The minimum atomic E-state index is 0.374. The second kappa shape index (κ2) is 4.80. The van der Waals surface area contributed by atoms with E-state index in [-0.39, 0.29) is 0 Å². The lowest BCUT2D eigenvalue weighted by atomic mass is 10.3. The monoisotopic (exact) mass is 233 g/mol. The third kappa shape index (κ3) is 2.60. The molecule has 0 saturated heterocycles. The molecule has 2 aromatic rings. The van der Waals surface area contributed by atoms with Gasteiger partial charge in [0.25, 0.3) is 0 Å². The van der Waals surface area contributed by atoms with E-state index in [0.29, 0.717) is 17.1 Å². The van der Waals surface area contributed by atoms with Gasteiger partial charge in [0.05, 0.1) is 5.69 Å². The molecule has 5 nitrogen and oxygen atoms in total. The summed E-state index contributed by atoms with van der Waals surface area (Å²) in [5.41, 5.74) is 1.87. The molecule has 0 amide bonds. The van der Waals surface area contributed by atoms with E-state index in [1.165, 1.54) is 0 Å². The van der Waals surface area contributed by atoms with Crippen LogP contribution in [-0.4, -0.2) is 20.2 Å². The third-order valence-electron chi connectivity index (χ3n) is 2.06. The zero-order valence-electron chi connectivity index (χ0n) is 8.77. The highest BCUT2D eigenvalue weighted by molar-refractivity contribution is 7.71. The van der Waals surface area contributed by atoms with Gasteiger partial charge in [0.1, 0.15) is 0 Å². The molecular formula is C10H11N5S. The largest absolute Gasteiger partial charge is 0.364 e. The number of nitrogens with zero attached hydrogens (tertiary/aromatic N) is 3. The van der Waals surface area contributed by atoms with Crippen LogP contribution in [0.1, 0.15) is 11.3 Å². The lowest BCUT2D eigenvalue weighted by molar-refractivity contribution is 0.900. The van der Waals surface area contributed by atoms with Gasteiger partial charge in [-0.3, -0.25) is 10.1 Å². The Kier molecular flexibility index (Phi) is 3.21. The highest BCUT2D eigenvalue weighted by Crippen LogP contribution is 2.07. The molecule has 0 atom stereocenters. The normalized spacial score (nSPS) is 10.1. The zero-order valence-corrected chi connectivity index (χ0v) is 9.58. The van der Waals surface area contributed by atoms with Crippen molar-refractivity contribution in [1.29, 1.82) is 0 Å². The molecule has 0 radical (unpaired) electrons. The number of anilines is 1. The minimum absolute atomic E-state index is 0.374. The van der Waals surface area contributed by atoms with Crippen LogP contribution in [0.3, 0.4) is 0 Å². The van der Waals surface area contributed by atoms with Gasteiger partial charge in [0.15, 0.2) is 5.82 Å². The molecule has 6 heteroatoms. The Morgan fingerprint density at radius 2 is 2.38 bits per heavy atom. The predicted molar refractivity (Wildman–Crippen MR) is 63.5 cm³/mol. The molecule has 0 spiro atoms. The van der Waals surface area contributed by atoms with Crippen LogP contribution < -0.4 is 5.32 Å². The number of aromatic nitrogens is 4. The summed E-state index contributed by atoms with van der Waals surface area (Å²) in [5, 5.41) is 9.83. The standard InChI is InChI=1S/C10H11N5S/c1-7-9(13-10(16)15-14-7)12-6-8-3-2-4-11-5-8/h2-5H,6H2,1H3,(H2,12,13,15,16). The summed E-state index contributed by atoms with van der Waals surface area (Å²) in [6.07, 6.45) is 3.55. The fourth-order valence-electron chi connectivity index (χ4n) is 1.25. The number of aromatic amines is 1. The summed E-state index contributed by atoms with van der Waals surface area (Å²) in [4.78, 5) is 8.19. The van der Waals surface area contributed by atoms with Crippen molar-refractivity contribution in [1.82, 2.24) is 20.2 Å². The summed E-state index contributed by atoms with van der Waals surface area (Å²) < 4.78 is 0.374. The molecule has 2 aromatic heterocycles. The number of H-pyrrole nitrogens is 1. The Labute approximate surface area is 98.0 Å². The molecule has 16 heavy (non-hydrogen) atoms. The SMILES string of the molecule is Cc1n[nH]c(=S)nc1NCc1cccnc1. The Morgan fingerprint density at radius 3 is 3.12 bits per heavy atom. The fraction of sp³-hybridized carbons (Fsp3) is 0.200. The first-order valence-corrected chi connectivity index (χ1v) is 5.22. The summed E-state index contributed by atoms with van der Waals surface area (Å²) in [7, 11) is 0. The van der Waals surface area contributed by atoms with Crippen molar-refractivity contribution in [2.75, 3.05) is 5.32 Å². The second-order valence-corrected chi connectivity index (χ2v) is 3.68. The van der Waals surface area contributed by atoms with Gasteiger partial charge in [-0.05, 0) is 30.8 Å². The van der Waals surface area contributed by atoms with Gasteiger partial charge in [0, 0.05) is 18.9 Å². The van der Waals surface area contributed by atoms with Crippen molar-refractivity contribution >= 4 is 18.0 Å². The Balaban J connectivity index is 2.10. The molecule has 0 aliphatic heterocycles. The van der Waals surface area contributed by atoms with Crippen LogP contribution in [-0.2, 0) is 6.54 Å². The molecule has 0 unspecified atom stereocenters. The van der Waals surface area contributed by atoms with E-state index in [1.807, 2.05) is 19.1 Å². The van der Waals surface area contributed by atoms with Crippen LogP contribution in [0.5, 0.6) is 0 Å². The lowest BCUT2D eigenvalue weighted by Crippen LogP contribution is -2.05. The molecular weight excluding hydrogens is 222 g/mol. The van der Waals surface area contributed by atoms with Crippen LogP contribution in [0.2, 0.25) is 0 Å². The maximum absolute atomic E-state index is 4.91. The number of hydrogen-bond donors (Lipinski definition) is 2. The molecule has 2 heterocycles. The van der Waals surface area contributed by atoms with Gasteiger partial charge in [-0.2, -0.15) is 10.1 Å². The number of hydrogen-bond acceptors (Lipinski definition) is 5. The molecule has 82 valence electrons. The van der Waals surface area contributed by atoms with Gasteiger partial charge in [0.2, 0.25) is 4.77 Å².